The summed E-state index contributed by atoms with van der Waals surface area (Å²) in [6.07, 6.45) is -4.99. The molecule has 92 valence electrons. The first-order chi connectivity index (χ1) is 7.35. The second-order valence-electron chi connectivity index (χ2n) is 4.63. The molecule has 0 aromatic carbocycles. The smallest absolute Gasteiger partial charge is 0.390 e. The predicted molar refractivity (Wildman–Crippen MR) is 47.8 cm³/mol. The molecular formula is C10H13F3O3. The molecule has 2 rings (SSSR count). The highest BCUT2D eigenvalue weighted by Gasteiger charge is 2.59. The summed E-state index contributed by atoms with van der Waals surface area (Å²) in [5.41, 5.74) is -1.75. The van der Waals surface area contributed by atoms with E-state index in [9.17, 15) is 18.0 Å². The lowest BCUT2D eigenvalue weighted by Crippen LogP contribution is -2.43. The van der Waals surface area contributed by atoms with E-state index in [0.29, 0.717) is 0 Å². The van der Waals surface area contributed by atoms with Crippen LogP contribution in [0.4, 0.5) is 13.2 Å². The monoisotopic (exact) mass is 238 g/mol. The number of carboxylic acid groups (broad SMARTS) is 1. The number of alkyl halides is 3. The molecule has 1 saturated carbocycles. The molecule has 0 aromatic heterocycles. The predicted octanol–water partition coefficient (Wildman–Crippen LogP) is 2.21. The number of carbonyl (C=O) groups is 1. The Kier molecular flexibility index (Phi) is 2.64. The van der Waals surface area contributed by atoms with Crippen molar-refractivity contribution in [3.05, 3.63) is 0 Å². The Morgan fingerprint density at radius 3 is 2.50 bits per heavy atom. The van der Waals surface area contributed by atoms with E-state index in [4.69, 9.17) is 9.84 Å². The Labute approximate surface area is 90.6 Å². The summed E-state index contributed by atoms with van der Waals surface area (Å²) in [5, 5.41) is 9.09. The van der Waals surface area contributed by atoms with Crippen LogP contribution in [0.1, 0.15) is 25.7 Å². The van der Waals surface area contributed by atoms with Gasteiger partial charge in [0.1, 0.15) is 5.41 Å². The molecule has 6 heteroatoms. The van der Waals surface area contributed by atoms with Crippen molar-refractivity contribution in [2.45, 2.75) is 38.0 Å². The van der Waals surface area contributed by atoms with E-state index in [1.54, 1.807) is 0 Å². The number of aliphatic carboxylic acids is 1. The van der Waals surface area contributed by atoms with Crippen molar-refractivity contribution >= 4 is 5.97 Å². The highest BCUT2D eigenvalue weighted by Crippen LogP contribution is 2.52. The maximum atomic E-state index is 12.5. The average Bonchev–Trinajstić information content (AvgIpc) is 2.86. The molecule has 0 amide bonds. The number of halogens is 3. The Morgan fingerprint density at radius 1 is 1.44 bits per heavy atom. The van der Waals surface area contributed by atoms with Crippen LogP contribution in [-0.4, -0.2) is 30.0 Å². The highest BCUT2D eigenvalue weighted by molar-refractivity contribution is 5.76. The topological polar surface area (TPSA) is 46.5 Å². The third kappa shape index (κ3) is 2.03. The van der Waals surface area contributed by atoms with Crippen LogP contribution >= 0.6 is 0 Å². The molecular weight excluding hydrogens is 225 g/mol. The second kappa shape index (κ2) is 3.61. The van der Waals surface area contributed by atoms with Crippen LogP contribution in [0, 0.1) is 11.3 Å². The third-order valence-corrected chi connectivity index (χ3v) is 3.38. The molecule has 1 N–H and O–H groups in total. The van der Waals surface area contributed by atoms with Gasteiger partial charge in [-0.1, -0.05) is 0 Å². The van der Waals surface area contributed by atoms with Gasteiger partial charge in [0.15, 0.2) is 0 Å². The van der Waals surface area contributed by atoms with Crippen molar-refractivity contribution in [3.8, 4) is 0 Å². The Morgan fingerprint density at radius 2 is 2.06 bits per heavy atom. The van der Waals surface area contributed by atoms with Gasteiger partial charge in [-0.15, -0.1) is 0 Å². The SMILES string of the molecule is O=C(O)C1(CC(F)(F)F)CCOC1C1CC1. The Hall–Kier alpha value is -0.780. The normalized spacial score (nSPS) is 35.3. The van der Waals surface area contributed by atoms with E-state index in [0.717, 1.165) is 12.8 Å². The zero-order chi connectivity index (χ0) is 12.0. The molecule has 1 heterocycles. The van der Waals surface area contributed by atoms with E-state index in [1.165, 1.54) is 0 Å². The van der Waals surface area contributed by atoms with E-state index in [1.807, 2.05) is 0 Å². The van der Waals surface area contributed by atoms with E-state index >= 15 is 0 Å². The van der Waals surface area contributed by atoms with Gasteiger partial charge in [0.2, 0.25) is 0 Å². The fraction of sp³-hybridized carbons (Fsp3) is 0.900. The maximum absolute atomic E-state index is 12.5. The minimum Gasteiger partial charge on any atom is -0.481 e. The Bertz CT molecular complexity index is 298. The average molecular weight is 238 g/mol. The number of rotatable bonds is 3. The third-order valence-electron chi connectivity index (χ3n) is 3.38. The molecule has 1 aliphatic heterocycles. The highest BCUT2D eigenvalue weighted by atomic mass is 19.4. The maximum Gasteiger partial charge on any atom is 0.390 e. The molecule has 0 bridgehead atoms. The summed E-state index contributed by atoms with van der Waals surface area (Å²) in [4.78, 5) is 11.2. The number of carboxylic acids is 1. The molecule has 2 unspecified atom stereocenters. The van der Waals surface area contributed by atoms with Crippen molar-refractivity contribution in [1.82, 2.24) is 0 Å². The summed E-state index contributed by atoms with van der Waals surface area (Å²) in [7, 11) is 0. The molecule has 2 fully saturated rings. The van der Waals surface area contributed by atoms with Crippen molar-refractivity contribution in [1.29, 1.82) is 0 Å². The first-order valence-electron chi connectivity index (χ1n) is 5.27. The molecule has 0 spiro atoms. The van der Waals surface area contributed by atoms with Gasteiger partial charge in [0.05, 0.1) is 12.5 Å². The zero-order valence-electron chi connectivity index (χ0n) is 8.59. The lowest BCUT2D eigenvalue weighted by Gasteiger charge is -2.30. The van der Waals surface area contributed by atoms with Gasteiger partial charge in [-0.05, 0) is 25.2 Å². The number of hydrogen-bond donors (Lipinski definition) is 1. The van der Waals surface area contributed by atoms with Gasteiger partial charge in [0.25, 0.3) is 0 Å². The van der Waals surface area contributed by atoms with Crippen LogP contribution in [0.3, 0.4) is 0 Å². The first-order valence-corrected chi connectivity index (χ1v) is 5.27. The molecule has 2 aliphatic rings. The summed E-state index contributed by atoms with van der Waals surface area (Å²) in [6.45, 7) is 0.115. The minimum atomic E-state index is -4.46. The molecule has 0 aromatic rings. The van der Waals surface area contributed by atoms with Gasteiger partial charge < -0.3 is 9.84 Å². The molecule has 2 atom stereocenters. The molecule has 3 nitrogen and oxygen atoms in total. The van der Waals surface area contributed by atoms with Gasteiger partial charge in [-0.25, -0.2) is 0 Å². The lowest BCUT2D eigenvalue weighted by atomic mass is 9.76. The summed E-state index contributed by atoms with van der Waals surface area (Å²) < 4.78 is 42.6. The zero-order valence-corrected chi connectivity index (χ0v) is 8.59. The summed E-state index contributed by atoms with van der Waals surface area (Å²) >= 11 is 0. The second-order valence-corrected chi connectivity index (χ2v) is 4.63. The van der Waals surface area contributed by atoms with Crippen molar-refractivity contribution in [2.75, 3.05) is 6.61 Å². The van der Waals surface area contributed by atoms with Gasteiger partial charge in [-0.3, -0.25) is 4.79 Å². The van der Waals surface area contributed by atoms with Crippen LogP contribution in [0.2, 0.25) is 0 Å². The lowest BCUT2D eigenvalue weighted by molar-refractivity contribution is -0.186. The standard InChI is InChI=1S/C10H13F3O3/c11-10(12,13)5-9(8(14)15)3-4-16-7(9)6-1-2-6/h6-7H,1-5H2,(H,14,15). The van der Waals surface area contributed by atoms with Crippen molar-refractivity contribution in [3.63, 3.8) is 0 Å². The largest absolute Gasteiger partial charge is 0.481 e. The van der Waals surface area contributed by atoms with Crippen molar-refractivity contribution in [2.24, 2.45) is 11.3 Å². The quantitative estimate of drug-likeness (QED) is 0.819. The van der Waals surface area contributed by atoms with E-state index in [2.05, 4.69) is 0 Å². The van der Waals surface area contributed by atoms with Gasteiger partial charge in [0, 0.05) is 6.61 Å². The minimum absolute atomic E-state index is 0.000880. The van der Waals surface area contributed by atoms with Crippen molar-refractivity contribution < 1.29 is 27.8 Å². The molecule has 1 saturated heterocycles. The van der Waals surface area contributed by atoms with Gasteiger partial charge in [-0.2, -0.15) is 13.2 Å². The summed E-state index contributed by atoms with van der Waals surface area (Å²) in [6, 6.07) is 0. The Balaban J connectivity index is 2.23. The molecule has 1 aliphatic carbocycles. The number of ether oxygens (including phenoxy) is 1. The summed E-state index contributed by atoms with van der Waals surface area (Å²) in [5.74, 6) is -1.37. The molecule has 0 radical (unpaired) electrons. The van der Waals surface area contributed by atoms with Crippen LogP contribution in [0.5, 0.6) is 0 Å². The van der Waals surface area contributed by atoms with E-state index in [-0.39, 0.29) is 18.9 Å². The first kappa shape index (κ1) is 11.7. The number of hydrogen-bond acceptors (Lipinski definition) is 2. The van der Waals surface area contributed by atoms with Crippen LogP contribution in [0.25, 0.3) is 0 Å². The van der Waals surface area contributed by atoms with Crippen LogP contribution < -0.4 is 0 Å². The van der Waals surface area contributed by atoms with Crippen LogP contribution in [0.15, 0.2) is 0 Å². The van der Waals surface area contributed by atoms with E-state index < -0.39 is 30.1 Å². The van der Waals surface area contributed by atoms with Gasteiger partial charge >= 0.3 is 12.1 Å². The molecule has 16 heavy (non-hydrogen) atoms. The fourth-order valence-corrected chi connectivity index (χ4v) is 2.51. The fourth-order valence-electron chi connectivity index (χ4n) is 2.51. The van der Waals surface area contributed by atoms with Crippen LogP contribution in [-0.2, 0) is 9.53 Å².